The molecule has 3 aliphatic rings. The van der Waals surface area contributed by atoms with Crippen molar-refractivity contribution in [3.8, 4) is 11.5 Å². The number of aromatic hydroxyl groups is 1. The molecule has 0 aromatic heterocycles. The lowest BCUT2D eigenvalue weighted by Gasteiger charge is -2.39. The Bertz CT molecular complexity index is 2130. The Morgan fingerprint density at radius 1 is 0.741 bits per heavy atom. The second-order valence-corrected chi connectivity index (χ2v) is 20.0. The summed E-state index contributed by atoms with van der Waals surface area (Å²) in [5.41, 5.74) is 1.74. The molecule has 3 aromatic carbocycles. The van der Waals surface area contributed by atoms with E-state index in [9.17, 15) is 31.5 Å². The zero-order valence-corrected chi connectivity index (χ0v) is 36.1. The first-order valence-corrected chi connectivity index (χ1v) is 22.6. The van der Waals surface area contributed by atoms with Gasteiger partial charge in [0, 0.05) is 52.4 Å². The number of para-hydroxylation sites is 2. The van der Waals surface area contributed by atoms with Crippen molar-refractivity contribution in [1.82, 2.24) is 9.80 Å². The molecule has 0 saturated carbocycles. The summed E-state index contributed by atoms with van der Waals surface area (Å²) < 4.78 is 69.1. The van der Waals surface area contributed by atoms with Crippen molar-refractivity contribution in [2.45, 2.75) is 59.3 Å². The van der Waals surface area contributed by atoms with Gasteiger partial charge in [-0.3, -0.25) is 9.03 Å². The number of nitrogens with one attached hydrogen (secondary N) is 1. The minimum absolute atomic E-state index is 0.0673. The minimum atomic E-state index is -3.71. The Kier molecular flexibility index (Phi) is 13.7. The van der Waals surface area contributed by atoms with Gasteiger partial charge in [-0.25, -0.2) is 26.4 Å². The lowest BCUT2D eigenvalue weighted by molar-refractivity contribution is 0.0230. The van der Waals surface area contributed by atoms with Gasteiger partial charge in [0.2, 0.25) is 16.0 Å². The first-order chi connectivity index (χ1) is 27.2. The van der Waals surface area contributed by atoms with E-state index >= 15 is 0 Å². The van der Waals surface area contributed by atoms with Gasteiger partial charge < -0.3 is 38.9 Å². The topological polar surface area (TPSA) is 179 Å². The highest BCUT2D eigenvalue weighted by Crippen LogP contribution is 2.43. The molecule has 0 spiro atoms. The summed E-state index contributed by atoms with van der Waals surface area (Å²) >= 11 is 5.38. The Balaban J connectivity index is 0.000000226. The molecular formula is C39H53ClN6O10S2. The van der Waals surface area contributed by atoms with Crippen LogP contribution in [0, 0.1) is 0 Å². The average Bonchev–Trinajstić information content (AvgIpc) is 3.16. The van der Waals surface area contributed by atoms with Gasteiger partial charge >= 0.3 is 12.2 Å². The summed E-state index contributed by atoms with van der Waals surface area (Å²) in [5.74, 6) is -0.0160. The molecule has 0 aliphatic carbocycles. The third-order valence-corrected chi connectivity index (χ3v) is 12.2. The van der Waals surface area contributed by atoms with E-state index in [1.807, 2.05) is 88.9 Å². The molecule has 318 valence electrons. The van der Waals surface area contributed by atoms with Gasteiger partial charge in [0.05, 0.1) is 29.3 Å². The van der Waals surface area contributed by atoms with Crippen LogP contribution in [0.1, 0.15) is 47.1 Å². The normalized spacial score (nSPS) is 17.0. The lowest BCUT2D eigenvalue weighted by atomic mass is 10.1. The number of sulfonamides is 2. The van der Waals surface area contributed by atoms with Crippen LogP contribution in [-0.2, 0) is 36.1 Å². The van der Waals surface area contributed by atoms with Gasteiger partial charge in [-0.15, -0.1) is 11.6 Å². The summed E-state index contributed by atoms with van der Waals surface area (Å²) in [7, 11) is -7.31. The van der Waals surface area contributed by atoms with E-state index in [-0.39, 0.29) is 30.2 Å². The quantitative estimate of drug-likeness (QED) is 0.215. The zero-order chi connectivity index (χ0) is 42.5. The van der Waals surface area contributed by atoms with Crippen molar-refractivity contribution in [2.24, 2.45) is 0 Å². The fourth-order valence-electron chi connectivity index (χ4n) is 6.36. The Morgan fingerprint density at radius 3 is 1.74 bits per heavy atom. The van der Waals surface area contributed by atoms with E-state index in [1.54, 1.807) is 28.0 Å². The van der Waals surface area contributed by atoms with E-state index in [4.69, 9.17) is 25.8 Å². The second-order valence-electron chi connectivity index (χ2n) is 15.9. The van der Waals surface area contributed by atoms with Crippen LogP contribution < -0.4 is 23.6 Å². The van der Waals surface area contributed by atoms with Crippen molar-refractivity contribution >= 4 is 66.6 Å². The maximum absolute atomic E-state index is 12.8. The second kappa shape index (κ2) is 18.0. The number of phenols is 1. The lowest BCUT2D eigenvalue weighted by Crippen LogP contribution is -2.50. The van der Waals surface area contributed by atoms with E-state index in [1.165, 1.54) is 10.4 Å². The monoisotopic (exact) mass is 864 g/mol. The van der Waals surface area contributed by atoms with Crippen LogP contribution in [0.4, 0.5) is 32.3 Å². The van der Waals surface area contributed by atoms with Gasteiger partial charge in [0.1, 0.15) is 16.4 Å². The first kappa shape index (κ1) is 44.3. The molecule has 0 bridgehead atoms. The van der Waals surface area contributed by atoms with Crippen LogP contribution >= 0.6 is 11.6 Å². The Labute approximate surface area is 346 Å². The number of carbonyl (C=O) groups is 2. The predicted molar refractivity (Wildman–Crippen MR) is 225 cm³/mol. The third-order valence-electron chi connectivity index (χ3n) is 9.07. The van der Waals surface area contributed by atoms with Crippen LogP contribution in [0.15, 0.2) is 66.7 Å². The Hall–Kier alpha value is -4.81. The van der Waals surface area contributed by atoms with Crippen LogP contribution in [0.25, 0.3) is 0 Å². The van der Waals surface area contributed by atoms with Crippen molar-refractivity contribution in [3.05, 3.63) is 72.3 Å². The van der Waals surface area contributed by atoms with Gasteiger partial charge in [0.15, 0.2) is 11.5 Å². The largest absolute Gasteiger partial charge is 0.504 e. The standard InChI is InChI=1S/C23H29N3O5S.C16H24ClN3O5S/c1-23(2,3)31-22(27)25-14-12-24(13-15-25)19-10-7-11-20-21(19)30-17-32(28,29)26(20)16-18-8-5-4-6-9-18;1-16(2,3)25-15(22)20-9-7-19(8-10-20)13-6-4-5-12(14(13)21)18-26(23,24)11-17/h4-11H,12-17H2,1-3H3;4-6,18,21H,7-11H2,1-3H3. The number of alkyl halides is 1. The fraction of sp³-hybridized carbons (Fsp3) is 0.487. The van der Waals surface area contributed by atoms with E-state index in [2.05, 4.69) is 9.62 Å². The zero-order valence-electron chi connectivity index (χ0n) is 33.7. The minimum Gasteiger partial charge on any atom is -0.504 e. The molecule has 2 amide bonds. The molecule has 0 radical (unpaired) electrons. The molecule has 3 aliphatic heterocycles. The number of rotatable bonds is 7. The third kappa shape index (κ3) is 11.7. The van der Waals surface area contributed by atoms with Crippen molar-refractivity contribution < 1.29 is 45.7 Å². The summed E-state index contributed by atoms with van der Waals surface area (Å²) in [6.07, 6.45) is -0.686. The molecule has 2 N–H and O–H groups in total. The molecular weight excluding hydrogens is 812 g/mol. The molecule has 16 nitrogen and oxygen atoms in total. The maximum Gasteiger partial charge on any atom is 0.410 e. The van der Waals surface area contributed by atoms with Crippen molar-refractivity contribution in [3.63, 3.8) is 0 Å². The summed E-state index contributed by atoms with van der Waals surface area (Å²) in [5, 5.41) is 9.80. The van der Waals surface area contributed by atoms with Crippen LogP contribution in [-0.4, -0.2) is 119 Å². The number of hydrogen-bond donors (Lipinski definition) is 2. The number of ether oxygens (including phenoxy) is 3. The smallest absolute Gasteiger partial charge is 0.410 e. The molecule has 0 unspecified atom stereocenters. The van der Waals surface area contributed by atoms with Crippen molar-refractivity contribution in [1.29, 1.82) is 0 Å². The fourth-order valence-corrected chi connectivity index (χ4v) is 8.26. The van der Waals surface area contributed by atoms with Gasteiger partial charge in [-0.1, -0.05) is 42.5 Å². The van der Waals surface area contributed by atoms with Crippen LogP contribution in [0.2, 0.25) is 0 Å². The summed E-state index contributed by atoms with van der Waals surface area (Å²) in [6, 6.07) is 19.8. The van der Waals surface area contributed by atoms with Gasteiger partial charge in [-0.05, 0) is 71.4 Å². The number of fused-ring (bicyclic) bond motifs is 1. The maximum atomic E-state index is 12.8. The number of anilines is 4. The molecule has 2 fully saturated rings. The molecule has 58 heavy (non-hydrogen) atoms. The highest BCUT2D eigenvalue weighted by molar-refractivity contribution is 7.93. The summed E-state index contributed by atoms with van der Waals surface area (Å²) in [6.45, 7) is 15.3. The molecule has 6 rings (SSSR count). The first-order valence-electron chi connectivity index (χ1n) is 18.8. The van der Waals surface area contributed by atoms with Gasteiger partial charge in [-0.2, -0.15) is 0 Å². The number of piperazine rings is 2. The number of phenolic OH excluding ortho intramolecular Hbond substituents is 1. The number of halogens is 1. The molecule has 0 atom stereocenters. The highest BCUT2D eigenvalue weighted by Gasteiger charge is 2.35. The summed E-state index contributed by atoms with van der Waals surface area (Å²) in [4.78, 5) is 31.8. The number of hydrogen-bond acceptors (Lipinski definition) is 12. The number of benzene rings is 3. The molecule has 3 heterocycles. The van der Waals surface area contributed by atoms with Gasteiger partial charge in [0.25, 0.3) is 10.0 Å². The Morgan fingerprint density at radius 2 is 1.22 bits per heavy atom. The number of nitrogens with zero attached hydrogens (tertiary/aromatic N) is 5. The van der Waals surface area contributed by atoms with E-state index < -0.39 is 42.4 Å². The van der Waals surface area contributed by atoms with Crippen LogP contribution in [0.5, 0.6) is 11.5 Å². The van der Waals surface area contributed by atoms with E-state index in [0.29, 0.717) is 69.5 Å². The molecule has 3 aromatic rings. The number of carbonyl (C=O) groups excluding carboxylic acids is 2. The highest BCUT2D eigenvalue weighted by atomic mass is 35.5. The predicted octanol–water partition coefficient (Wildman–Crippen LogP) is 5.82. The van der Waals surface area contributed by atoms with E-state index in [0.717, 1.165) is 11.3 Å². The van der Waals surface area contributed by atoms with Crippen molar-refractivity contribution in [2.75, 3.05) is 82.3 Å². The van der Waals surface area contributed by atoms with Crippen LogP contribution in [0.3, 0.4) is 0 Å². The SMILES string of the molecule is CC(C)(C)OC(=O)N1CCN(c2cccc(NS(=O)(=O)CCl)c2O)CC1.CC(C)(C)OC(=O)N1CCN(c2cccc3c2OCS(=O)(=O)N3Cc2ccccc2)CC1. The number of amides is 2. The average molecular weight is 865 g/mol. The molecule has 2 saturated heterocycles. The molecule has 19 heteroatoms.